The molecule has 1 aromatic carbocycles. The third-order valence-corrected chi connectivity index (χ3v) is 5.45. The second kappa shape index (κ2) is 6.24. The number of aromatic nitrogens is 1. The third-order valence-electron chi connectivity index (χ3n) is 4.15. The number of amides is 1. The molecule has 0 spiro atoms. The quantitative estimate of drug-likeness (QED) is 0.923. The van der Waals surface area contributed by atoms with Gasteiger partial charge in [0, 0.05) is 30.9 Å². The van der Waals surface area contributed by atoms with E-state index in [9.17, 15) is 13.2 Å². The number of hydrogen-bond donors (Lipinski definition) is 1. The van der Waals surface area contributed by atoms with Gasteiger partial charge < -0.3 is 4.90 Å². The number of carbonyl (C=O) groups excluding carboxylic acids is 1. The monoisotopic (exact) mass is 345 g/mol. The summed E-state index contributed by atoms with van der Waals surface area (Å²) in [6.07, 6.45) is 4.40. The minimum Gasteiger partial charge on any atom is -0.315 e. The fourth-order valence-electron chi connectivity index (χ4n) is 2.74. The number of aryl methyl sites for hydroxylation is 1. The lowest BCUT2D eigenvalue weighted by Gasteiger charge is -2.26. The summed E-state index contributed by atoms with van der Waals surface area (Å²) in [5.74, 6) is 0.129. The van der Waals surface area contributed by atoms with Gasteiger partial charge in [-0.05, 0) is 42.7 Å². The molecule has 0 saturated heterocycles. The standard InChI is InChI=1S/C17H19N3O3S/c1-3-24(22,23)19-15-9-14(10-18-11-15)12-4-6-16-13(8-12)5-7-17(21)20(16)2/h4,6,8-11,19H,3,5,7H2,1-2H3. The van der Waals surface area contributed by atoms with Crippen molar-refractivity contribution in [2.45, 2.75) is 19.8 Å². The first kappa shape index (κ1) is 16.4. The summed E-state index contributed by atoms with van der Waals surface area (Å²) in [6.45, 7) is 1.58. The van der Waals surface area contributed by atoms with E-state index in [4.69, 9.17) is 0 Å². The van der Waals surface area contributed by atoms with Crippen molar-refractivity contribution in [1.29, 1.82) is 0 Å². The van der Waals surface area contributed by atoms with E-state index in [-0.39, 0.29) is 11.7 Å². The van der Waals surface area contributed by atoms with Gasteiger partial charge in [-0.15, -0.1) is 0 Å². The average molecular weight is 345 g/mol. The first-order valence-corrected chi connectivity index (χ1v) is 9.40. The summed E-state index contributed by atoms with van der Waals surface area (Å²) in [5, 5.41) is 0. The molecule has 1 amide bonds. The Morgan fingerprint density at radius 3 is 2.71 bits per heavy atom. The number of carbonyl (C=O) groups is 1. The van der Waals surface area contributed by atoms with E-state index in [0.717, 1.165) is 22.4 Å². The number of rotatable bonds is 4. The van der Waals surface area contributed by atoms with Gasteiger partial charge in [0.15, 0.2) is 0 Å². The molecular formula is C17H19N3O3S. The van der Waals surface area contributed by atoms with Crippen LogP contribution < -0.4 is 9.62 Å². The maximum Gasteiger partial charge on any atom is 0.232 e. The fraction of sp³-hybridized carbons (Fsp3) is 0.294. The molecule has 0 saturated carbocycles. The highest BCUT2D eigenvalue weighted by molar-refractivity contribution is 7.92. The van der Waals surface area contributed by atoms with Crippen molar-refractivity contribution in [2.24, 2.45) is 0 Å². The van der Waals surface area contributed by atoms with Crippen molar-refractivity contribution in [1.82, 2.24) is 4.98 Å². The lowest BCUT2D eigenvalue weighted by molar-refractivity contribution is -0.118. The van der Waals surface area contributed by atoms with Crippen LogP contribution in [-0.2, 0) is 21.2 Å². The van der Waals surface area contributed by atoms with E-state index in [1.54, 1.807) is 31.1 Å². The maximum atomic E-state index is 11.8. The topological polar surface area (TPSA) is 79.4 Å². The first-order chi connectivity index (χ1) is 11.4. The van der Waals surface area contributed by atoms with Gasteiger partial charge in [0.1, 0.15) is 0 Å². The largest absolute Gasteiger partial charge is 0.315 e. The number of pyridine rings is 1. The van der Waals surface area contributed by atoms with Gasteiger partial charge in [0.25, 0.3) is 0 Å². The zero-order chi connectivity index (χ0) is 17.3. The van der Waals surface area contributed by atoms with Crippen molar-refractivity contribution >= 4 is 27.3 Å². The van der Waals surface area contributed by atoms with Crippen molar-refractivity contribution in [3.63, 3.8) is 0 Å². The lowest BCUT2D eigenvalue weighted by atomic mass is 9.97. The number of anilines is 2. The number of sulfonamides is 1. The van der Waals surface area contributed by atoms with Crippen LogP contribution in [0, 0.1) is 0 Å². The number of nitrogens with one attached hydrogen (secondary N) is 1. The van der Waals surface area contributed by atoms with E-state index < -0.39 is 10.0 Å². The Balaban J connectivity index is 1.94. The summed E-state index contributed by atoms with van der Waals surface area (Å²) in [4.78, 5) is 17.6. The van der Waals surface area contributed by atoms with Crippen LogP contribution in [-0.4, -0.2) is 32.1 Å². The minimum atomic E-state index is -3.33. The van der Waals surface area contributed by atoms with Crippen molar-refractivity contribution in [3.05, 3.63) is 42.2 Å². The van der Waals surface area contributed by atoms with E-state index in [2.05, 4.69) is 9.71 Å². The van der Waals surface area contributed by atoms with Gasteiger partial charge in [0.2, 0.25) is 15.9 Å². The van der Waals surface area contributed by atoms with E-state index >= 15 is 0 Å². The van der Waals surface area contributed by atoms with Crippen LogP contribution in [0.5, 0.6) is 0 Å². The van der Waals surface area contributed by atoms with Crippen LogP contribution in [0.15, 0.2) is 36.7 Å². The average Bonchev–Trinajstić information content (AvgIpc) is 2.58. The van der Waals surface area contributed by atoms with Gasteiger partial charge in [-0.3, -0.25) is 14.5 Å². The molecule has 0 radical (unpaired) electrons. The fourth-order valence-corrected chi connectivity index (χ4v) is 3.36. The molecule has 1 N–H and O–H groups in total. The molecule has 0 aliphatic carbocycles. The Hall–Kier alpha value is -2.41. The highest BCUT2D eigenvalue weighted by atomic mass is 32.2. The lowest BCUT2D eigenvalue weighted by Crippen LogP contribution is -2.30. The van der Waals surface area contributed by atoms with Crippen LogP contribution in [0.4, 0.5) is 11.4 Å². The molecular weight excluding hydrogens is 326 g/mol. The molecule has 0 atom stereocenters. The van der Waals surface area contributed by atoms with Gasteiger partial charge in [0.05, 0.1) is 17.6 Å². The predicted molar refractivity (Wildman–Crippen MR) is 94.5 cm³/mol. The molecule has 24 heavy (non-hydrogen) atoms. The number of hydrogen-bond acceptors (Lipinski definition) is 4. The molecule has 2 heterocycles. The number of fused-ring (bicyclic) bond motifs is 1. The second-order valence-corrected chi connectivity index (χ2v) is 7.77. The normalized spacial score (nSPS) is 14.4. The Morgan fingerprint density at radius 2 is 1.96 bits per heavy atom. The second-order valence-electron chi connectivity index (χ2n) is 5.76. The summed E-state index contributed by atoms with van der Waals surface area (Å²) in [5.41, 5.74) is 4.24. The predicted octanol–water partition coefficient (Wildman–Crippen LogP) is 2.42. The molecule has 1 aliphatic heterocycles. The summed E-state index contributed by atoms with van der Waals surface area (Å²) >= 11 is 0. The Labute approximate surface area is 141 Å². The van der Waals surface area contributed by atoms with Gasteiger partial charge in [-0.25, -0.2) is 8.42 Å². The molecule has 3 rings (SSSR count). The molecule has 1 aromatic heterocycles. The van der Waals surface area contributed by atoms with Crippen LogP contribution >= 0.6 is 0 Å². The molecule has 1 aliphatic rings. The summed E-state index contributed by atoms with van der Waals surface area (Å²) in [6, 6.07) is 7.64. The van der Waals surface area contributed by atoms with Crippen molar-refractivity contribution in [2.75, 3.05) is 22.4 Å². The zero-order valence-electron chi connectivity index (χ0n) is 13.6. The first-order valence-electron chi connectivity index (χ1n) is 7.75. The van der Waals surface area contributed by atoms with Crippen LogP contribution in [0.25, 0.3) is 11.1 Å². The van der Waals surface area contributed by atoms with Gasteiger partial charge in [-0.2, -0.15) is 0 Å². The SMILES string of the molecule is CCS(=O)(=O)Nc1cncc(-c2ccc3c(c2)CCC(=O)N3C)c1. The molecule has 6 nitrogen and oxygen atoms in total. The number of benzene rings is 1. The van der Waals surface area contributed by atoms with E-state index in [1.807, 2.05) is 18.2 Å². The molecule has 7 heteroatoms. The zero-order valence-corrected chi connectivity index (χ0v) is 14.4. The number of nitrogens with zero attached hydrogens (tertiary/aromatic N) is 2. The summed E-state index contributed by atoms with van der Waals surface area (Å²) < 4.78 is 25.9. The molecule has 2 aromatic rings. The molecule has 0 fully saturated rings. The minimum absolute atomic E-state index is 0.0104. The Kier molecular flexibility index (Phi) is 4.28. The van der Waals surface area contributed by atoms with Crippen molar-refractivity contribution in [3.8, 4) is 11.1 Å². The van der Waals surface area contributed by atoms with Crippen LogP contribution in [0.3, 0.4) is 0 Å². The van der Waals surface area contributed by atoms with E-state index in [0.29, 0.717) is 18.5 Å². The van der Waals surface area contributed by atoms with Crippen LogP contribution in [0.1, 0.15) is 18.9 Å². The Bertz CT molecular complexity index is 894. The molecule has 0 unspecified atom stereocenters. The van der Waals surface area contributed by atoms with Crippen molar-refractivity contribution < 1.29 is 13.2 Å². The summed E-state index contributed by atoms with van der Waals surface area (Å²) in [7, 11) is -1.55. The highest BCUT2D eigenvalue weighted by Gasteiger charge is 2.21. The highest BCUT2D eigenvalue weighted by Crippen LogP contribution is 2.31. The molecule has 126 valence electrons. The maximum absolute atomic E-state index is 11.8. The molecule has 0 bridgehead atoms. The smallest absolute Gasteiger partial charge is 0.232 e. The van der Waals surface area contributed by atoms with Gasteiger partial charge >= 0.3 is 0 Å². The van der Waals surface area contributed by atoms with Gasteiger partial charge in [-0.1, -0.05) is 6.07 Å². The van der Waals surface area contributed by atoms with E-state index in [1.165, 1.54) is 6.20 Å². The van der Waals surface area contributed by atoms with Crippen LogP contribution in [0.2, 0.25) is 0 Å². The third kappa shape index (κ3) is 3.26. The Morgan fingerprint density at radius 1 is 1.17 bits per heavy atom.